The molecule has 5 atom stereocenters. The van der Waals surface area contributed by atoms with Crippen LogP contribution in [0.5, 0.6) is 0 Å². The van der Waals surface area contributed by atoms with Crippen molar-refractivity contribution in [2.75, 3.05) is 57.7 Å². The van der Waals surface area contributed by atoms with Crippen molar-refractivity contribution >= 4 is 81.4 Å². The number of fused-ring (bicyclic) bond motifs is 2. The van der Waals surface area contributed by atoms with Crippen LogP contribution in [0.1, 0.15) is 45.3 Å². The predicted octanol–water partition coefficient (Wildman–Crippen LogP) is 4.05. The lowest BCUT2D eigenvalue weighted by Crippen LogP contribution is -2.33. The van der Waals surface area contributed by atoms with Gasteiger partial charge in [-0.15, -0.1) is 0 Å². The highest BCUT2D eigenvalue weighted by atomic mass is 33.1. The first-order valence-corrected chi connectivity index (χ1v) is 26.3. The molecule has 1 fully saturated rings. The van der Waals surface area contributed by atoms with E-state index in [4.69, 9.17) is 18.7 Å². The van der Waals surface area contributed by atoms with Crippen molar-refractivity contribution in [2.24, 2.45) is 0 Å². The minimum absolute atomic E-state index is 0.00403. The Balaban J connectivity index is 0.989. The molecule has 1 saturated heterocycles. The van der Waals surface area contributed by atoms with Gasteiger partial charge in [0.1, 0.15) is 50.9 Å². The zero-order chi connectivity index (χ0) is 45.4. The fraction of sp³-hybridized carbons (Fsp3) is 0.317. The van der Waals surface area contributed by atoms with Gasteiger partial charge in [-0.1, -0.05) is 57.4 Å². The van der Waals surface area contributed by atoms with Crippen LogP contribution in [0.15, 0.2) is 74.8 Å². The van der Waals surface area contributed by atoms with Gasteiger partial charge in [0, 0.05) is 91.1 Å². The summed E-state index contributed by atoms with van der Waals surface area (Å²) in [6.07, 6.45) is -1.73. The van der Waals surface area contributed by atoms with Crippen LogP contribution in [0.4, 0.5) is 5.69 Å². The van der Waals surface area contributed by atoms with Crippen LogP contribution in [-0.2, 0) is 19.1 Å². The molecule has 0 radical (unpaired) electrons. The van der Waals surface area contributed by atoms with Crippen LogP contribution < -0.4 is 36.7 Å². The molecule has 63 heavy (non-hydrogen) atoms. The topological polar surface area (TPSA) is 218 Å². The Morgan fingerprint density at radius 2 is 1.81 bits per heavy atom. The summed E-state index contributed by atoms with van der Waals surface area (Å²) in [6, 6.07) is 16.3. The second-order valence-electron chi connectivity index (χ2n) is 14.4. The monoisotopic (exact) mass is 955 g/mol. The maximum atomic E-state index is 13.2. The number of carboxylic acids is 1. The van der Waals surface area contributed by atoms with E-state index in [9.17, 15) is 34.2 Å². The number of nitrogens with one attached hydrogen (secondary N) is 3. The van der Waals surface area contributed by atoms with Crippen LogP contribution in [0, 0.1) is 11.8 Å². The number of aliphatic hydroxyl groups excluding tert-OH is 1. The smallest absolute Gasteiger partial charge is 0.336 e. The molecule has 5 N–H and O–H groups in total. The van der Waals surface area contributed by atoms with E-state index < -0.39 is 49.3 Å². The van der Waals surface area contributed by atoms with Crippen LogP contribution in [0.3, 0.4) is 0 Å². The second kappa shape index (κ2) is 21.9. The summed E-state index contributed by atoms with van der Waals surface area (Å²) in [5.41, 5.74) is 2.07. The summed E-state index contributed by atoms with van der Waals surface area (Å²) in [4.78, 5) is 72.4. The van der Waals surface area contributed by atoms with Crippen LogP contribution in [0.2, 0.25) is 0 Å². The Morgan fingerprint density at radius 1 is 1.05 bits per heavy atom. The summed E-state index contributed by atoms with van der Waals surface area (Å²) >= 11 is 0. The lowest BCUT2D eigenvalue weighted by atomic mass is 9.89. The number of ether oxygens (including phenoxy) is 1. The molecule has 2 amide bonds. The molecular weight excluding hydrogens is 910 g/mol. The molecule has 22 heteroatoms. The molecular formula is C41H46N6O11P3S2+. The second-order valence-corrected chi connectivity index (χ2v) is 22.8. The Labute approximate surface area is 375 Å². The van der Waals surface area contributed by atoms with E-state index in [1.54, 1.807) is 12.1 Å². The molecule has 3 aliphatic rings. The molecule has 1 aliphatic carbocycles. The molecule has 5 unspecified atom stereocenters. The van der Waals surface area contributed by atoms with Gasteiger partial charge in [0.25, 0.3) is 11.5 Å². The summed E-state index contributed by atoms with van der Waals surface area (Å²) in [5, 5.41) is 27.8. The van der Waals surface area contributed by atoms with Crippen molar-refractivity contribution in [3.05, 3.63) is 104 Å². The Kier molecular flexibility index (Phi) is 16.6. The maximum Gasteiger partial charge on any atom is 0.336 e. The third-order valence-corrected chi connectivity index (χ3v) is 12.8. The Morgan fingerprint density at radius 3 is 2.54 bits per heavy atom. The zero-order valence-electron chi connectivity index (χ0n) is 34.6. The number of hydrogen-bond donors (Lipinski definition) is 5. The van der Waals surface area contributed by atoms with E-state index in [0.717, 1.165) is 26.6 Å². The van der Waals surface area contributed by atoms with Crippen molar-refractivity contribution in [1.29, 1.82) is 0 Å². The number of H-pyrrole nitrogens is 1. The van der Waals surface area contributed by atoms with Crippen molar-refractivity contribution in [3.63, 3.8) is 0 Å². The largest absolute Gasteiger partial charge is 0.478 e. The number of aromatic amines is 1. The minimum atomic E-state index is -1.17. The molecule has 2 aliphatic heterocycles. The van der Waals surface area contributed by atoms with Gasteiger partial charge in [-0.3, -0.25) is 23.9 Å². The van der Waals surface area contributed by atoms with Gasteiger partial charge in [-0.05, 0) is 35.9 Å². The van der Waals surface area contributed by atoms with E-state index in [-0.39, 0.29) is 42.0 Å². The number of carboxylic acid groups (broad SMARTS) is 1. The van der Waals surface area contributed by atoms with Crippen molar-refractivity contribution in [2.45, 2.75) is 31.5 Å². The number of rotatable bonds is 16. The Bertz CT molecular complexity index is 2750. The first-order valence-electron chi connectivity index (χ1n) is 19.3. The number of aromatic nitrogens is 2. The Hall–Kier alpha value is -4.59. The molecule has 0 bridgehead atoms. The summed E-state index contributed by atoms with van der Waals surface area (Å²) < 4.78 is 20.1. The third-order valence-electron chi connectivity index (χ3n) is 9.62. The molecule has 17 nitrogen and oxygen atoms in total. The number of aliphatic hydroxyl groups is 1. The molecule has 332 valence electrons. The standard InChI is InChI=1S/C41H45N6O11P3S2/c1-45(2)25-8-11-28-32(19-25)55-33-20-26(46(3)4)9-12-29(33)36(28)27-10-7-23(18-30(27)39(52)53)37(50)43-15-17-63-62-16-13-34(49)42-14-5-6-24-22-47(41(54)44-38(24)51)35-21-31(48)40(56-35)57-58-61(59)60/h7-12,18-20,22,31,35,40,48H,13-17,21,59-60H2,1-4H3,(H3-,42,43,44,49,50,51,52,53,54)/p+1. The fourth-order valence-electron chi connectivity index (χ4n) is 6.49. The van der Waals surface area contributed by atoms with Gasteiger partial charge < -0.3 is 34.9 Å². The van der Waals surface area contributed by atoms with Gasteiger partial charge >= 0.3 is 11.7 Å². The average molecular weight is 956 g/mol. The van der Waals surface area contributed by atoms with Gasteiger partial charge in [0.05, 0.1) is 18.2 Å². The van der Waals surface area contributed by atoms with E-state index >= 15 is 0 Å². The van der Waals surface area contributed by atoms with Gasteiger partial charge in [0.15, 0.2) is 0 Å². The lowest BCUT2D eigenvalue weighted by Gasteiger charge is -2.19. The molecule has 0 saturated carbocycles. The minimum Gasteiger partial charge on any atom is -0.478 e. The van der Waals surface area contributed by atoms with Crippen LogP contribution >= 0.6 is 47.0 Å². The van der Waals surface area contributed by atoms with Crippen molar-refractivity contribution < 1.29 is 43.3 Å². The highest BCUT2D eigenvalue weighted by molar-refractivity contribution is 8.76. The zero-order valence-corrected chi connectivity index (χ0v) is 39.4. The number of aromatic carboxylic acids is 1. The highest BCUT2D eigenvalue weighted by Gasteiger charge is 2.37. The molecule has 6 rings (SSSR count). The van der Waals surface area contributed by atoms with Crippen LogP contribution in [0.25, 0.3) is 33.4 Å². The number of benzene rings is 3. The maximum absolute atomic E-state index is 13.2. The normalized spacial score (nSPS) is 15.9. The van der Waals surface area contributed by atoms with Crippen LogP contribution in [-0.4, -0.2) is 103 Å². The number of anilines is 1. The van der Waals surface area contributed by atoms with E-state index in [2.05, 4.69) is 45.3 Å². The number of nitrogens with zero attached hydrogens (tertiary/aromatic N) is 3. The molecule has 2 aromatic carbocycles. The van der Waals surface area contributed by atoms with Gasteiger partial charge in [-0.2, -0.15) is 4.89 Å². The molecule has 3 heterocycles. The van der Waals surface area contributed by atoms with E-state index in [1.807, 2.05) is 74.1 Å². The summed E-state index contributed by atoms with van der Waals surface area (Å²) in [7, 11) is 14.4. The van der Waals surface area contributed by atoms with E-state index in [0.29, 0.717) is 40.5 Å². The number of hydrogen-bond acceptors (Lipinski definition) is 13. The first-order chi connectivity index (χ1) is 30.1. The van der Waals surface area contributed by atoms with Crippen molar-refractivity contribution in [3.8, 4) is 34.3 Å². The van der Waals surface area contributed by atoms with Gasteiger partial charge in [0.2, 0.25) is 17.6 Å². The fourth-order valence-corrected chi connectivity index (χ4v) is 8.87. The summed E-state index contributed by atoms with van der Waals surface area (Å²) in [6.45, 7) is 0.259. The SMILES string of the molecule is CN(C)c1ccc2c(-c3ccc(C(=O)NCCSSCCC(=O)NCC#Cc4cn(C5CC(O)C(OOP(P)P)O5)c(=O)[nH]c4=O)cc3C(=O)O)c3ccc(=[N+](C)C)cc-3oc2c1. The third kappa shape index (κ3) is 12.2. The number of carbonyl (C=O) groups is 3. The molecule has 3 aromatic rings. The average Bonchev–Trinajstić information content (AvgIpc) is 3.62. The summed E-state index contributed by atoms with van der Waals surface area (Å²) in [5.74, 6) is 5.11. The lowest BCUT2D eigenvalue weighted by molar-refractivity contribution is -0.326. The van der Waals surface area contributed by atoms with E-state index in [1.165, 1.54) is 33.9 Å². The highest BCUT2D eigenvalue weighted by Crippen LogP contribution is 2.54. The number of carbonyl (C=O) groups excluding carboxylic acids is 2. The van der Waals surface area contributed by atoms with Crippen molar-refractivity contribution in [1.82, 2.24) is 24.8 Å². The molecule has 0 spiro atoms. The predicted molar refractivity (Wildman–Crippen MR) is 253 cm³/mol. The number of amides is 2. The molecule has 1 aromatic heterocycles. The quantitative estimate of drug-likeness (QED) is 0.0138. The van der Waals surface area contributed by atoms with Gasteiger partial charge in [-0.25, -0.2) is 18.8 Å². The first kappa shape index (κ1) is 47.9.